The molecule has 7 unspecified atom stereocenters. The number of methoxy groups -OCH3 is 1. The third kappa shape index (κ3) is 11.5. The number of esters is 1. The molecule has 9 atom stereocenters. The average molecular weight is 605 g/mol. The highest BCUT2D eigenvalue weighted by Gasteiger charge is 2.38. The first-order valence-corrected chi connectivity index (χ1v) is 15.7. The minimum atomic E-state index is -0.718. The van der Waals surface area contributed by atoms with Crippen LogP contribution in [0, 0.1) is 11.8 Å². The highest BCUT2D eigenvalue weighted by atomic mass is 16.5. The normalized spacial score (nSPS) is 32.8. The van der Waals surface area contributed by atoms with Gasteiger partial charge >= 0.3 is 5.97 Å². The van der Waals surface area contributed by atoms with Gasteiger partial charge in [-0.2, -0.15) is 0 Å². The number of hydrogen-bond donors (Lipinski definition) is 3. The number of ether oxygens (including phenoxy) is 4. The largest absolute Gasteiger partial charge is 0.459 e. The van der Waals surface area contributed by atoms with E-state index in [1.54, 1.807) is 20.1 Å². The third-order valence-corrected chi connectivity index (χ3v) is 8.63. The van der Waals surface area contributed by atoms with Crippen molar-refractivity contribution < 1.29 is 38.4 Å². The molecule has 3 N–H and O–H groups in total. The Morgan fingerprint density at radius 3 is 2.47 bits per heavy atom. The Kier molecular flexibility index (Phi) is 13.9. The van der Waals surface area contributed by atoms with Gasteiger partial charge < -0.3 is 34.7 Å². The quantitative estimate of drug-likeness (QED) is 0.165. The van der Waals surface area contributed by atoms with Crippen LogP contribution in [-0.4, -0.2) is 85.3 Å². The van der Waals surface area contributed by atoms with E-state index >= 15 is 0 Å². The Morgan fingerprint density at radius 1 is 1.07 bits per heavy atom. The molecule has 1 aliphatic carbocycles. The lowest BCUT2D eigenvalue weighted by Crippen LogP contribution is -2.50. The van der Waals surface area contributed by atoms with Gasteiger partial charge in [-0.3, -0.25) is 14.4 Å². The van der Waals surface area contributed by atoms with Crippen LogP contribution in [0.25, 0.3) is 0 Å². The molecule has 2 saturated heterocycles. The zero-order valence-corrected chi connectivity index (χ0v) is 26.6. The summed E-state index contributed by atoms with van der Waals surface area (Å²) in [6.45, 7) is 9.53. The van der Waals surface area contributed by atoms with Gasteiger partial charge in [0.25, 0.3) is 0 Å². The van der Waals surface area contributed by atoms with Crippen LogP contribution >= 0.6 is 0 Å². The van der Waals surface area contributed by atoms with Crippen LogP contribution in [0.5, 0.6) is 0 Å². The van der Waals surface area contributed by atoms with Crippen molar-refractivity contribution in [2.75, 3.05) is 13.7 Å². The first-order chi connectivity index (χ1) is 20.4. The number of hydrogen-bond acceptors (Lipinski definition) is 8. The molecule has 0 aromatic carbocycles. The molecule has 3 aliphatic rings. The van der Waals surface area contributed by atoms with Gasteiger partial charge in [-0.05, 0) is 71.3 Å². The zero-order chi connectivity index (χ0) is 31.5. The minimum absolute atomic E-state index is 0.00373. The highest BCUT2D eigenvalue weighted by molar-refractivity contribution is 5.87. The maximum atomic E-state index is 12.5. The molecule has 10 nitrogen and oxygen atoms in total. The second-order valence-corrected chi connectivity index (χ2v) is 12.5. The van der Waals surface area contributed by atoms with E-state index in [0.717, 1.165) is 31.3 Å². The molecule has 0 spiro atoms. The molecule has 0 aromatic rings. The second kappa shape index (κ2) is 17.1. The van der Waals surface area contributed by atoms with Gasteiger partial charge in [0.1, 0.15) is 12.2 Å². The summed E-state index contributed by atoms with van der Waals surface area (Å²) in [5.41, 5.74) is 1.02. The molecule has 1 saturated carbocycles. The molecule has 0 bridgehead atoms. The number of amides is 2. The van der Waals surface area contributed by atoms with Crippen molar-refractivity contribution in [2.45, 2.75) is 128 Å². The van der Waals surface area contributed by atoms with Gasteiger partial charge in [-0.1, -0.05) is 30.7 Å². The van der Waals surface area contributed by atoms with Crippen molar-refractivity contribution in [1.29, 1.82) is 0 Å². The van der Waals surface area contributed by atoms with Gasteiger partial charge in [-0.25, -0.2) is 0 Å². The van der Waals surface area contributed by atoms with Crippen LogP contribution in [0.3, 0.4) is 0 Å². The fourth-order valence-corrected chi connectivity index (χ4v) is 5.91. The van der Waals surface area contributed by atoms with Crippen LogP contribution in [0.4, 0.5) is 0 Å². The standard InChI is InChI=1S/C33H52N2O8/c1-20(10-13-29-21(2)16-28(23(4)42-29)35-31(37)15-12-22(3)41-24(5)36)11-14-30-33(39)25(19-40-6)17-27(43-30)18-32(38)34-26-8-7-9-26/h10-12,14-15,21-23,25-30,33,39H,7-9,13,16-19H2,1-6H3,(H,34,38)(H,35,37)/b14-11+,15-12-,20-10+/t21?,22?,23?,25?,27-,28?,29?,30?,33-/m0/s1. The summed E-state index contributed by atoms with van der Waals surface area (Å²) in [5.74, 6) is -0.519. The van der Waals surface area contributed by atoms with Gasteiger partial charge in [0.2, 0.25) is 11.8 Å². The number of carbonyl (C=O) groups is 3. The molecule has 43 heavy (non-hydrogen) atoms. The first kappa shape index (κ1) is 35.0. The molecular weight excluding hydrogens is 552 g/mol. The van der Waals surface area contributed by atoms with E-state index in [0.29, 0.717) is 19.4 Å². The molecule has 2 amide bonds. The van der Waals surface area contributed by atoms with E-state index in [1.807, 2.05) is 26.0 Å². The Labute approximate surface area is 256 Å². The predicted molar refractivity (Wildman–Crippen MR) is 163 cm³/mol. The van der Waals surface area contributed by atoms with Gasteiger partial charge in [-0.15, -0.1) is 0 Å². The number of nitrogens with one attached hydrogen (secondary N) is 2. The summed E-state index contributed by atoms with van der Waals surface area (Å²) >= 11 is 0. The fraction of sp³-hybridized carbons (Fsp3) is 0.727. The molecule has 2 aliphatic heterocycles. The molecule has 3 rings (SSSR count). The van der Waals surface area contributed by atoms with E-state index in [4.69, 9.17) is 18.9 Å². The van der Waals surface area contributed by atoms with E-state index in [-0.39, 0.29) is 60.5 Å². The highest BCUT2D eigenvalue weighted by Crippen LogP contribution is 2.30. The molecule has 10 heteroatoms. The van der Waals surface area contributed by atoms with Crippen LogP contribution < -0.4 is 10.6 Å². The fourth-order valence-electron chi connectivity index (χ4n) is 5.91. The lowest BCUT2D eigenvalue weighted by Gasteiger charge is -2.39. The predicted octanol–water partition coefficient (Wildman–Crippen LogP) is 3.52. The van der Waals surface area contributed by atoms with Crippen molar-refractivity contribution in [3.8, 4) is 0 Å². The van der Waals surface area contributed by atoms with Crippen LogP contribution in [-0.2, 0) is 33.3 Å². The Morgan fingerprint density at radius 2 is 1.81 bits per heavy atom. The number of aliphatic hydroxyl groups excluding tert-OH is 1. The van der Waals surface area contributed by atoms with Crippen LogP contribution in [0.2, 0.25) is 0 Å². The van der Waals surface area contributed by atoms with Crippen molar-refractivity contribution in [3.05, 3.63) is 36.0 Å². The summed E-state index contributed by atoms with van der Waals surface area (Å²) in [6, 6.07) is 0.167. The average Bonchev–Trinajstić information content (AvgIpc) is 2.91. The van der Waals surface area contributed by atoms with Crippen molar-refractivity contribution in [2.24, 2.45) is 11.8 Å². The van der Waals surface area contributed by atoms with Crippen molar-refractivity contribution >= 4 is 17.8 Å². The van der Waals surface area contributed by atoms with Gasteiger partial charge in [0.15, 0.2) is 0 Å². The van der Waals surface area contributed by atoms with Gasteiger partial charge in [0, 0.05) is 32.1 Å². The molecule has 0 radical (unpaired) electrons. The number of carbonyl (C=O) groups excluding carboxylic acids is 3. The maximum Gasteiger partial charge on any atom is 0.303 e. The topological polar surface area (TPSA) is 132 Å². The molecule has 242 valence electrons. The van der Waals surface area contributed by atoms with Crippen LogP contribution in [0.15, 0.2) is 36.0 Å². The van der Waals surface area contributed by atoms with E-state index < -0.39 is 24.3 Å². The lowest BCUT2D eigenvalue weighted by molar-refractivity contribution is -0.147. The number of aliphatic hydroxyl groups is 1. The lowest BCUT2D eigenvalue weighted by atomic mass is 9.87. The summed E-state index contributed by atoms with van der Waals surface area (Å²) < 4.78 is 22.8. The van der Waals surface area contributed by atoms with E-state index in [9.17, 15) is 19.5 Å². The molecule has 2 heterocycles. The van der Waals surface area contributed by atoms with Crippen molar-refractivity contribution in [1.82, 2.24) is 10.6 Å². The second-order valence-electron chi connectivity index (χ2n) is 12.5. The number of rotatable bonds is 13. The van der Waals surface area contributed by atoms with Crippen LogP contribution in [0.1, 0.15) is 79.6 Å². The Bertz CT molecular complexity index is 1020. The molecule has 3 fully saturated rings. The van der Waals surface area contributed by atoms with E-state index in [1.165, 1.54) is 13.0 Å². The zero-order valence-electron chi connectivity index (χ0n) is 26.6. The summed E-state index contributed by atoms with van der Waals surface area (Å²) in [6.07, 6.45) is 12.4. The third-order valence-electron chi connectivity index (χ3n) is 8.63. The smallest absolute Gasteiger partial charge is 0.303 e. The Balaban J connectivity index is 1.50. The SMILES string of the molecule is COCC1C[C@@H](CC(=O)NC2CCC2)OC(/C=C/C(C)=C/CC2OC(C)C(NC(=O)/C=C\C(C)OC(C)=O)CC2C)[C@H]1O. The summed E-state index contributed by atoms with van der Waals surface area (Å²) in [7, 11) is 1.62. The summed E-state index contributed by atoms with van der Waals surface area (Å²) in [5, 5.41) is 17.0. The molecule has 0 aromatic heterocycles. The summed E-state index contributed by atoms with van der Waals surface area (Å²) in [4.78, 5) is 36.0. The Hall–Kier alpha value is -2.53. The van der Waals surface area contributed by atoms with E-state index in [2.05, 4.69) is 23.6 Å². The first-order valence-electron chi connectivity index (χ1n) is 15.7. The monoisotopic (exact) mass is 604 g/mol. The molecular formula is C33H52N2O8. The maximum absolute atomic E-state index is 12.5. The van der Waals surface area contributed by atoms with Crippen molar-refractivity contribution in [3.63, 3.8) is 0 Å². The number of allylic oxidation sites excluding steroid dienone is 2. The minimum Gasteiger partial charge on any atom is -0.459 e. The van der Waals surface area contributed by atoms with Gasteiger partial charge in [0.05, 0.1) is 43.5 Å².